The van der Waals surface area contributed by atoms with Crippen LogP contribution in [-0.2, 0) is 4.74 Å². The molecule has 0 N–H and O–H groups in total. The van der Waals surface area contributed by atoms with E-state index >= 15 is 0 Å². The van der Waals surface area contributed by atoms with Crippen LogP contribution < -0.4 is 0 Å². The molecule has 0 bridgehead atoms. The van der Waals surface area contributed by atoms with Gasteiger partial charge in [0, 0.05) is 11.6 Å². The quantitative estimate of drug-likeness (QED) is 0.723. The SMILES string of the molecule is Cc1ccc2c(c1)c(C#N)cn2C(=O)OC(C)(C)C. The molecule has 0 aliphatic carbocycles. The van der Waals surface area contributed by atoms with E-state index in [9.17, 15) is 4.79 Å². The smallest absolute Gasteiger partial charge is 0.419 e. The minimum atomic E-state index is -0.564. The van der Waals surface area contributed by atoms with E-state index in [-0.39, 0.29) is 0 Å². The molecule has 0 spiro atoms. The molecule has 0 aliphatic heterocycles. The number of nitriles is 1. The van der Waals surface area contributed by atoms with Crippen molar-refractivity contribution < 1.29 is 9.53 Å². The second kappa shape index (κ2) is 4.43. The lowest BCUT2D eigenvalue weighted by atomic mass is 10.1. The second-order valence-electron chi connectivity index (χ2n) is 5.53. The number of carbonyl (C=O) groups is 1. The van der Waals surface area contributed by atoms with Gasteiger partial charge in [-0.3, -0.25) is 4.57 Å². The van der Waals surface area contributed by atoms with Crippen molar-refractivity contribution in [3.63, 3.8) is 0 Å². The Morgan fingerprint density at radius 1 is 1.37 bits per heavy atom. The maximum Gasteiger partial charge on any atom is 0.419 e. The third kappa shape index (κ3) is 2.60. The van der Waals surface area contributed by atoms with Crippen molar-refractivity contribution in [2.75, 3.05) is 0 Å². The Bertz CT molecular complexity index is 684. The van der Waals surface area contributed by atoms with Crippen molar-refractivity contribution in [1.82, 2.24) is 4.57 Å². The predicted molar refractivity (Wildman–Crippen MR) is 73.0 cm³/mol. The molecule has 98 valence electrons. The van der Waals surface area contributed by atoms with Crippen LogP contribution in [0.1, 0.15) is 31.9 Å². The fraction of sp³-hybridized carbons (Fsp3) is 0.333. The highest BCUT2D eigenvalue weighted by Crippen LogP contribution is 2.23. The zero-order chi connectivity index (χ0) is 14.2. The molecule has 0 radical (unpaired) electrons. The largest absolute Gasteiger partial charge is 0.443 e. The molecule has 2 rings (SSSR count). The topological polar surface area (TPSA) is 55.0 Å². The maximum absolute atomic E-state index is 12.1. The molecule has 4 nitrogen and oxygen atoms in total. The molecule has 0 atom stereocenters. The van der Waals surface area contributed by atoms with E-state index in [1.54, 1.807) is 0 Å². The van der Waals surface area contributed by atoms with Gasteiger partial charge in [-0.05, 0) is 39.8 Å². The summed E-state index contributed by atoms with van der Waals surface area (Å²) in [7, 11) is 0. The summed E-state index contributed by atoms with van der Waals surface area (Å²) in [5.74, 6) is 0. The van der Waals surface area contributed by atoms with E-state index in [1.807, 2.05) is 45.9 Å². The number of hydrogen-bond donors (Lipinski definition) is 0. The van der Waals surface area contributed by atoms with E-state index < -0.39 is 11.7 Å². The van der Waals surface area contributed by atoms with Crippen LogP contribution >= 0.6 is 0 Å². The molecule has 1 aromatic carbocycles. The molecule has 0 amide bonds. The molecular formula is C15H16N2O2. The van der Waals surface area contributed by atoms with E-state index in [4.69, 9.17) is 10.00 Å². The lowest BCUT2D eigenvalue weighted by Crippen LogP contribution is -2.26. The Kier molecular flexibility index (Phi) is 3.07. The Balaban J connectivity index is 2.56. The van der Waals surface area contributed by atoms with Crippen LogP contribution in [0.25, 0.3) is 10.9 Å². The Hall–Kier alpha value is -2.28. The number of ether oxygens (including phenoxy) is 1. The van der Waals surface area contributed by atoms with E-state index in [1.165, 1.54) is 10.8 Å². The first-order valence-corrected chi connectivity index (χ1v) is 6.07. The molecule has 1 aromatic heterocycles. The molecular weight excluding hydrogens is 240 g/mol. The number of fused-ring (bicyclic) bond motifs is 1. The number of carbonyl (C=O) groups excluding carboxylic acids is 1. The summed E-state index contributed by atoms with van der Waals surface area (Å²) >= 11 is 0. The Morgan fingerprint density at radius 2 is 2.05 bits per heavy atom. The molecule has 0 fully saturated rings. The molecule has 0 aliphatic rings. The van der Waals surface area contributed by atoms with Crippen LogP contribution in [0.15, 0.2) is 24.4 Å². The van der Waals surface area contributed by atoms with Crippen LogP contribution in [0.3, 0.4) is 0 Å². The molecule has 1 heterocycles. The summed E-state index contributed by atoms with van der Waals surface area (Å²) in [4.78, 5) is 12.1. The first kappa shape index (κ1) is 13.2. The molecule has 2 aromatic rings. The van der Waals surface area contributed by atoms with Crippen LogP contribution in [-0.4, -0.2) is 16.3 Å². The first-order chi connectivity index (χ1) is 8.81. The van der Waals surface area contributed by atoms with Crippen LogP contribution in [0.5, 0.6) is 0 Å². The van der Waals surface area contributed by atoms with Crippen LogP contribution in [0.2, 0.25) is 0 Å². The number of hydrogen-bond acceptors (Lipinski definition) is 3. The number of rotatable bonds is 0. The zero-order valence-corrected chi connectivity index (χ0v) is 11.5. The van der Waals surface area contributed by atoms with Gasteiger partial charge in [0.25, 0.3) is 0 Å². The normalized spacial score (nSPS) is 11.3. The van der Waals surface area contributed by atoms with Crippen molar-refractivity contribution in [2.24, 2.45) is 0 Å². The van der Waals surface area contributed by atoms with Gasteiger partial charge >= 0.3 is 6.09 Å². The summed E-state index contributed by atoms with van der Waals surface area (Å²) in [6.45, 7) is 7.38. The van der Waals surface area contributed by atoms with Crippen molar-refractivity contribution >= 4 is 17.0 Å². The zero-order valence-electron chi connectivity index (χ0n) is 11.5. The molecule has 4 heteroatoms. The molecule has 19 heavy (non-hydrogen) atoms. The van der Waals surface area contributed by atoms with Crippen molar-refractivity contribution in [3.05, 3.63) is 35.5 Å². The summed E-state index contributed by atoms with van der Waals surface area (Å²) in [5.41, 5.74) is 1.65. The molecule has 0 saturated heterocycles. The van der Waals surface area contributed by atoms with Crippen LogP contribution in [0, 0.1) is 18.3 Å². The van der Waals surface area contributed by atoms with Crippen molar-refractivity contribution in [1.29, 1.82) is 5.26 Å². The lowest BCUT2D eigenvalue weighted by molar-refractivity contribution is 0.0544. The van der Waals surface area contributed by atoms with E-state index in [0.717, 1.165) is 10.9 Å². The van der Waals surface area contributed by atoms with Gasteiger partial charge < -0.3 is 4.74 Å². The fourth-order valence-corrected chi connectivity index (χ4v) is 1.90. The average Bonchev–Trinajstić information content (AvgIpc) is 2.64. The average molecular weight is 256 g/mol. The van der Waals surface area contributed by atoms with Crippen molar-refractivity contribution in [3.8, 4) is 6.07 Å². The van der Waals surface area contributed by atoms with Gasteiger partial charge in [0.1, 0.15) is 11.7 Å². The number of aryl methyl sites for hydroxylation is 1. The maximum atomic E-state index is 12.1. The first-order valence-electron chi connectivity index (χ1n) is 6.07. The monoisotopic (exact) mass is 256 g/mol. The van der Waals surface area contributed by atoms with Gasteiger partial charge in [-0.1, -0.05) is 11.6 Å². The fourth-order valence-electron chi connectivity index (χ4n) is 1.90. The minimum Gasteiger partial charge on any atom is -0.443 e. The highest BCUT2D eigenvalue weighted by molar-refractivity contribution is 5.94. The number of benzene rings is 1. The molecule has 0 unspecified atom stereocenters. The summed E-state index contributed by atoms with van der Waals surface area (Å²) in [6, 6.07) is 7.74. The third-order valence-electron chi connectivity index (χ3n) is 2.67. The standard InChI is InChI=1S/C15H16N2O2/c1-10-5-6-13-12(7-10)11(8-16)9-17(13)14(18)19-15(2,3)4/h5-7,9H,1-4H3. The Morgan fingerprint density at radius 3 is 2.63 bits per heavy atom. The summed E-state index contributed by atoms with van der Waals surface area (Å²) in [6.07, 6.45) is 1.06. The van der Waals surface area contributed by atoms with Gasteiger partial charge in [0.05, 0.1) is 11.1 Å². The number of aromatic nitrogens is 1. The highest BCUT2D eigenvalue weighted by Gasteiger charge is 2.20. The van der Waals surface area contributed by atoms with Gasteiger partial charge in [-0.15, -0.1) is 0 Å². The van der Waals surface area contributed by atoms with Crippen LogP contribution in [0.4, 0.5) is 4.79 Å². The van der Waals surface area contributed by atoms with Gasteiger partial charge in [-0.2, -0.15) is 5.26 Å². The van der Waals surface area contributed by atoms with Gasteiger partial charge in [-0.25, -0.2) is 4.79 Å². The summed E-state index contributed by atoms with van der Waals surface area (Å²) < 4.78 is 6.72. The van der Waals surface area contributed by atoms with Gasteiger partial charge in [0.2, 0.25) is 0 Å². The summed E-state index contributed by atoms with van der Waals surface area (Å²) in [5, 5.41) is 9.91. The third-order valence-corrected chi connectivity index (χ3v) is 2.67. The second-order valence-corrected chi connectivity index (χ2v) is 5.53. The minimum absolute atomic E-state index is 0.470. The highest BCUT2D eigenvalue weighted by atomic mass is 16.6. The van der Waals surface area contributed by atoms with E-state index in [2.05, 4.69) is 6.07 Å². The molecule has 0 saturated carbocycles. The van der Waals surface area contributed by atoms with E-state index in [0.29, 0.717) is 11.1 Å². The van der Waals surface area contributed by atoms with Crippen molar-refractivity contribution in [2.45, 2.75) is 33.3 Å². The Labute approximate surface area is 112 Å². The van der Waals surface area contributed by atoms with Gasteiger partial charge in [0.15, 0.2) is 0 Å². The number of nitrogens with zero attached hydrogens (tertiary/aromatic N) is 2. The predicted octanol–water partition coefficient (Wildman–Crippen LogP) is 3.60. The lowest BCUT2D eigenvalue weighted by Gasteiger charge is -2.19.